The smallest absolute Gasteiger partial charge is 0.261 e. The quantitative estimate of drug-likeness (QED) is 0.872. The fraction of sp³-hybridized carbons (Fsp3) is 0.444. The molecule has 1 unspecified atom stereocenters. The highest BCUT2D eigenvalue weighted by molar-refractivity contribution is 5.94. The van der Waals surface area contributed by atoms with Gasteiger partial charge in [-0.2, -0.15) is 0 Å². The van der Waals surface area contributed by atoms with Gasteiger partial charge in [0, 0.05) is 37.2 Å². The second-order valence-electron chi connectivity index (χ2n) is 6.68. The van der Waals surface area contributed by atoms with Crippen LogP contribution < -0.4 is 15.8 Å². The summed E-state index contributed by atoms with van der Waals surface area (Å²) >= 11 is 0. The lowest BCUT2D eigenvalue weighted by atomic mass is 10.1. The van der Waals surface area contributed by atoms with Crippen LogP contribution in [0.15, 0.2) is 29.3 Å². The number of piperidine rings is 1. The number of aryl methyl sites for hydroxylation is 2. The van der Waals surface area contributed by atoms with Crippen LogP contribution >= 0.6 is 0 Å². The van der Waals surface area contributed by atoms with Crippen molar-refractivity contribution in [2.45, 2.75) is 38.1 Å². The first-order valence-electron chi connectivity index (χ1n) is 8.78. The molecule has 1 atom stereocenters. The molecule has 4 rings (SSSR count). The first kappa shape index (κ1) is 15.8. The highest BCUT2D eigenvalue weighted by Gasteiger charge is 2.25. The number of pyridine rings is 1. The molecule has 7 nitrogen and oxygen atoms in total. The molecule has 2 aromatic heterocycles. The number of aromatic amines is 1. The fourth-order valence-electron chi connectivity index (χ4n) is 3.68. The third-order valence-corrected chi connectivity index (χ3v) is 4.92. The van der Waals surface area contributed by atoms with Crippen molar-refractivity contribution in [3.8, 4) is 0 Å². The standard InChI is InChI=1S/C18H21N5O2/c24-16(14-10-12-4-1-6-15(12)22-17(14)25)21-13-5-2-9-23(11-13)18-19-7-3-8-20-18/h3,7-8,10,13H,1-2,4-6,9,11H2,(H,21,24)(H,22,25). The monoisotopic (exact) mass is 339 g/mol. The normalized spacial score (nSPS) is 19.5. The van der Waals surface area contributed by atoms with Crippen molar-refractivity contribution in [2.75, 3.05) is 18.0 Å². The predicted molar refractivity (Wildman–Crippen MR) is 93.8 cm³/mol. The second kappa shape index (κ2) is 6.66. The molecule has 1 amide bonds. The maximum Gasteiger partial charge on any atom is 0.261 e. The molecule has 2 aliphatic rings. The van der Waals surface area contributed by atoms with E-state index in [2.05, 4.69) is 25.2 Å². The number of aromatic nitrogens is 3. The first-order chi connectivity index (χ1) is 12.2. The van der Waals surface area contributed by atoms with Crippen molar-refractivity contribution in [1.82, 2.24) is 20.3 Å². The van der Waals surface area contributed by atoms with Gasteiger partial charge in [-0.05, 0) is 49.8 Å². The molecule has 2 N–H and O–H groups in total. The Morgan fingerprint density at radius 1 is 1.24 bits per heavy atom. The van der Waals surface area contributed by atoms with Crippen molar-refractivity contribution in [1.29, 1.82) is 0 Å². The van der Waals surface area contributed by atoms with E-state index in [1.54, 1.807) is 24.5 Å². The summed E-state index contributed by atoms with van der Waals surface area (Å²) in [7, 11) is 0. The number of H-pyrrole nitrogens is 1. The van der Waals surface area contributed by atoms with Crippen molar-refractivity contribution >= 4 is 11.9 Å². The van der Waals surface area contributed by atoms with Crippen LogP contribution in [0.25, 0.3) is 0 Å². The molecule has 0 spiro atoms. The zero-order valence-corrected chi connectivity index (χ0v) is 14.0. The lowest BCUT2D eigenvalue weighted by molar-refractivity contribution is 0.0931. The highest BCUT2D eigenvalue weighted by Crippen LogP contribution is 2.19. The van der Waals surface area contributed by atoms with Crippen molar-refractivity contribution in [3.63, 3.8) is 0 Å². The Morgan fingerprint density at radius 3 is 2.92 bits per heavy atom. The van der Waals surface area contributed by atoms with Crippen LogP contribution in [0.2, 0.25) is 0 Å². The average Bonchev–Trinajstić information content (AvgIpc) is 3.09. The molecule has 1 saturated heterocycles. The SMILES string of the molecule is O=C(NC1CCCN(c2ncccn2)C1)c1cc2c([nH]c1=O)CCC2. The number of nitrogens with one attached hydrogen (secondary N) is 2. The van der Waals surface area contributed by atoms with Crippen LogP contribution in [0.1, 0.15) is 40.9 Å². The van der Waals surface area contributed by atoms with Crippen LogP contribution in [0.5, 0.6) is 0 Å². The lowest BCUT2D eigenvalue weighted by Crippen LogP contribution is -2.49. The predicted octanol–water partition coefficient (Wildman–Crippen LogP) is 1.05. The molecule has 2 aromatic rings. The van der Waals surface area contributed by atoms with E-state index in [0.717, 1.165) is 49.9 Å². The zero-order valence-electron chi connectivity index (χ0n) is 14.0. The molecule has 0 bridgehead atoms. The molecule has 1 fully saturated rings. The summed E-state index contributed by atoms with van der Waals surface area (Å²) in [6, 6.07) is 3.53. The molecule has 1 aliphatic carbocycles. The summed E-state index contributed by atoms with van der Waals surface area (Å²) < 4.78 is 0. The van der Waals surface area contributed by atoms with Crippen molar-refractivity contribution in [2.24, 2.45) is 0 Å². The summed E-state index contributed by atoms with van der Waals surface area (Å²) in [6.45, 7) is 1.52. The van der Waals surface area contributed by atoms with Crippen LogP contribution in [-0.4, -0.2) is 40.0 Å². The Morgan fingerprint density at radius 2 is 2.08 bits per heavy atom. The molecule has 25 heavy (non-hydrogen) atoms. The van der Waals surface area contributed by atoms with Crippen molar-refractivity contribution < 1.29 is 4.79 Å². The molecule has 130 valence electrons. The minimum Gasteiger partial charge on any atom is -0.347 e. The number of hydrogen-bond donors (Lipinski definition) is 2. The van der Waals surface area contributed by atoms with E-state index in [1.165, 1.54) is 0 Å². The largest absolute Gasteiger partial charge is 0.347 e. The first-order valence-corrected chi connectivity index (χ1v) is 8.78. The molecular formula is C18H21N5O2. The Labute approximate surface area is 145 Å². The Balaban J connectivity index is 1.47. The molecule has 3 heterocycles. The number of amides is 1. The van der Waals surface area contributed by atoms with Crippen LogP contribution in [0.3, 0.4) is 0 Å². The van der Waals surface area contributed by atoms with Gasteiger partial charge in [0.15, 0.2) is 0 Å². The molecule has 1 aliphatic heterocycles. The zero-order chi connectivity index (χ0) is 17.2. The van der Waals surface area contributed by atoms with E-state index in [0.29, 0.717) is 12.5 Å². The van der Waals surface area contributed by atoms with Gasteiger partial charge < -0.3 is 15.2 Å². The fourth-order valence-corrected chi connectivity index (χ4v) is 3.68. The summed E-state index contributed by atoms with van der Waals surface area (Å²) in [5.41, 5.74) is 1.99. The van der Waals surface area contributed by atoms with Gasteiger partial charge in [-0.25, -0.2) is 9.97 Å². The van der Waals surface area contributed by atoms with Gasteiger partial charge in [-0.3, -0.25) is 9.59 Å². The van der Waals surface area contributed by atoms with Crippen LogP contribution in [-0.2, 0) is 12.8 Å². The van der Waals surface area contributed by atoms with Crippen molar-refractivity contribution in [3.05, 3.63) is 51.7 Å². The molecule has 7 heteroatoms. The number of rotatable bonds is 3. The summed E-state index contributed by atoms with van der Waals surface area (Å²) in [5, 5.41) is 3.01. The number of nitrogens with zero attached hydrogens (tertiary/aromatic N) is 3. The molecule has 0 radical (unpaired) electrons. The highest BCUT2D eigenvalue weighted by atomic mass is 16.2. The van der Waals surface area contributed by atoms with E-state index < -0.39 is 0 Å². The van der Waals surface area contributed by atoms with Gasteiger partial charge in [0.05, 0.1) is 0 Å². The third-order valence-electron chi connectivity index (χ3n) is 4.92. The Hall–Kier alpha value is -2.70. The van der Waals surface area contributed by atoms with Gasteiger partial charge >= 0.3 is 0 Å². The van der Waals surface area contributed by atoms with E-state index >= 15 is 0 Å². The number of carbonyl (C=O) groups is 1. The van der Waals surface area contributed by atoms with E-state index in [1.807, 2.05) is 0 Å². The second-order valence-corrected chi connectivity index (χ2v) is 6.68. The number of hydrogen-bond acceptors (Lipinski definition) is 5. The summed E-state index contributed by atoms with van der Waals surface area (Å²) in [4.78, 5) is 38.3. The summed E-state index contributed by atoms with van der Waals surface area (Å²) in [6.07, 6.45) is 8.12. The third kappa shape index (κ3) is 3.26. The van der Waals surface area contributed by atoms with Gasteiger partial charge in [0.1, 0.15) is 5.56 Å². The number of anilines is 1. The number of fused-ring (bicyclic) bond motifs is 1. The van der Waals surface area contributed by atoms with Gasteiger partial charge in [0.2, 0.25) is 5.95 Å². The molecular weight excluding hydrogens is 318 g/mol. The van der Waals surface area contributed by atoms with Crippen LogP contribution in [0, 0.1) is 0 Å². The maximum atomic E-state index is 12.6. The van der Waals surface area contributed by atoms with E-state index in [-0.39, 0.29) is 23.1 Å². The number of carbonyl (C=O) groups excluding carboxylic acids is 1. The Kier molecular flexibility index (Phi) is 4.21. The summed E-state index contributed by atoms with van der Waals surface area (Å²) in [5.74, 6) is 0.383. The molecule has 0 saturated carbocycles. The maximum absolute atomic E-state index is 12.6. The van der Waals surface area contributed by atoms with Gasteiger partial charge in [-0.1, -0.05) is 0 Å². The minimum absolute atomic E-state index is 0.0160. The Bertz CT molecular complexity index is 833. The van der Waals surface area contributed by atoms with Gasteiger partial charge in [0.25, 0.3) is 11.5 Å². The topological polar surface area (TPSA) is 91.0 Å². The lowest BCUT2D eigenvalue weighted by Gasteiger charge is -2.33. The van der Waals surface area contributed by atoms with E-state index in [9.17, 15) is 9.59 Å². The van der Waals surface area contributed by atoms with Gasteiger partial charge in [-0.15, -0.1) is 0 Å². The molecule has 0 aromatic carbocycles. The van der Waals surface area contributed by atoms with Crippen LogP contribution in [0.4, 0.5) is 5.95 Å². The minimum atomic E-state index is -0.295. The average molecular weight is 339 g/mol. The van der Waals surface area contributed by atoms with E-state index in [4.69, 9.17) is 0 Å².